The number of rotatable bonds is 3. The van der Waals surface area contributed by atoms with E-state index in [4.69, 9.17) is 11.6 Å². The summed E-state index contributed by atoms with van der Waals surface area (Å²) in [6.07, 6.45) is -4.37. The van der Waals surface area contributed by atoms with E-state index in [1.165, 1.54) is 5.56 Å². The molecule has 124 valence electrons. The molecule has 23 heavy (non-hydrogen) atoms. The maximum absolute atomic E-state index is 12.6. The molecule has 0 atom stereocenters. The predicted molar refractivity (Wildman–Crippen MR) is 86.1 cm³/mol. The number of thiazole rings is 1. The van der Waals surface area contributed by atoms with Gasteiger partial charge >= 0.3 is 6.18 Å². The maximum Gasteiger partial charge on any atom is 0.434 e. The lowest BCUT2D eigenvalue weighted by Crippen LogP contribution is -2.46. The summed E-state index contributed by atoms with van der Waals surface area (Å²) < 4.78 is 37.8. The van der Waals surface area contributed by atoms with Gasteiger partial charge in [-0.1, -0.05) is 23.7 Å². The summed E-state index contributed by atoms with van der Waals surface area (Å²) in [5.41, 5.74) is 0.373. The molecule has 3 rings (SSSR count). The van der Waals surface area contributed by atoms with E-state index in [-0.39, 0.29) is 0 Å². The van der Waals surface area contributed by atoms with Crippen LogP contribution in [0.25, 0.3) is 0 Å². The van der Waals surface area contributed by atoms with Crippen LogP contribution in [0.5, 0.6) is 0 Å². The van der Waals surface area contributed by atoms with Crippen LogP contribution < -0.4 is 4.90 Å². The minimum Gasteiger partial charge on any atom is -0.346 e. The Balaban J connectivity index is 1.56. The van der Waals surface area contributed by atoms with Crippen molar-refractivity contribution in [3.05, 3.63) is 45.9 Å². The summed E-state index contributed by atoms with van der Waals surface area (Å²) in [7, 11) is 0. The van der Waals surface area contributed by atoms with E-state index in [1.807, 2.05) is 29.2 Å². The second-order valence-electron chi connectivity index (χ2n) is 5.40. The number of piperazine rings is 1. The zero-order valence-electron chi connectivity index (χ0n) is 12.2. The largest absolute Gasteiger partial charge is 0.434 e. The molecule has 1 aromatic carbocycles. The van der Waals surface area contributed by atoms with Crippen molar-refractivity contribution in [1.82, 2.24) is 9.88 Å². The maximum atomic E-state index is 12.6. The Labute approximate surface area is 141 Å². The van der Waals surface area contributed by atoms with E-state index in [2.05, 4.69) is 9.88 Å². The van der Waals surface area contributed by atoms with Gasteiger partial charge in [-0.2, -0.15) is 13.2 Å². The topological polar surface area (TPSA) is 19.4 Å². The average Bonchev–Trinajstić information content (AvgIpc) is 3.00. The first-order chi connectivity index (χ1) is 10.9. The lowest BCUT2D eigenvalue weighted by atomic mass is 10.2. The Kier molecular flexibility index (Phi) is 4.79. The van der Waals surface area contributed by atoms with Gasteiger partial charge in [0, 0.05) is 43.1 Å². The number of hydrogen-bond donors (Lipinski definition) is 0. The number of nitrogens with zero attached hydrogens (tertiary/aromatic N) is 3. The van der Waals surface area contributed by atoms with Gasteiger partial charge in [-0.15, -0.1) is 11.3 Å². The molecule has 3 nitrogen and oxygen atoms in total. The van der Waals surface area contributed by atoms with Crippen LogP contribution in [-0.2, 0) is 12.7 Å². The van der Waals surface area contributed by atoms with Crippen molar-refractivity contribution in [3.8, 4) is 0 Å². The van der Waals surface area contributed by atoms with Gasteiger partial charge in [0.1, 0.15) is 0 Å². The van der Waals surface area contributed by atoms with Crippen LogP contribution in [0.4, 0.5) is 18.3 Å². The van der Waals surface area contributed by atoms with Gasteiger partial charge in [-0.3, -0.25) is 4.90 Å². The SMILES string of the molecule is FC(F)(F)c1csc(N2CCN(Cc3ccc(Cl)cc3)CC2)n1. The molecule has 2 aromatic rings. The third kappa shape index (κ3) is 4.16. The summed E-state index contributed by atoms with van der Waals surface area (Å²) in [5, 5.41) is 2.24. The van der Waals surface area contributed by atoms with Crippen molar-refractivity contribution in [3.63, 3.8) is 0 Å². The number of benzene rings is 1. The molecule has 1 aliphatic heterocycles. The molecule has 0 amide bonds. The zero-order chi connectivity index (χ0) is 16.4. The van der Waals surface area contributed by atoms with E-state index < -0.39 is 11.9 Å². The van der Waals surface area contributed by atoms with Crippen molar-refractivity contribution in [1.29, 1.82) is 0 Å². The first kappa shape index (κ1) is 16.5. The van der Waals surface area contributed by atoms with Crippen LogP contribution in [0, 0.1) is 0 Å². The number of alkyl halides is 3. The van der Waals surface area contributed by atoms with Crippen LogP contribution in [0.1, 0.15) is 11.3 Å². The Morgan fingerprint density at radius 3 is 2.30 bits per heavy atom. The predicted octanol–water partition coefficient (Wildman–Crippen LogP) is 4.14. The first-order valence-corrected chi connectivity index (χ1v) is 8.42. The number of aromatic nitrogens is 1. The highest BCUT2D eigenvalue weighted by atomic mass is 35.5. The molecule has 0 bridgehead atoms. The molecule has 0 unspecified atom stereocenters. The van der Waals surface area contributed by atoms with E-state index in [0.717, 1.165) is 36.4 Å². The molecular formula is C15H15ClF3N3S. The number of anilines is 1. The summed E-state index contributed by atoms with van der Waals surface area (Å²) >= 11 is 6.92. The van der Waals surface area contributed by atoms with Gasteiger partial charge in [-0.25, -0.2) is 4.98 Å². The first-order valence-electron chi connectivity index (χ1n) is 7.16. The van der Waals surface area contributed by atoms with Crippen LogP contribution in [0.15, 0.2) is 29.6 Å². The van der Waals surface area contributed by atoms with Crippen LogP contribution in [0.3, 0.4) is 0 Å². The number of halogens is 4. The standard InChI is InChI=1S/C15H15ClF3N3S/c16-12-3-1-11(2-4-12)9-21-5-7-22(8-6-21)14-20-13(10-23-14)15(17,18)19/h1-4,10H,5-9H2. The molecule has 1 saturated heterocycles. The second kappa shape index (κ2) is 6.67. The molecule has 0 spiro atoms. The van der Waals surface area contributed by atoms with Gasteiger partial charge in [0.15, 0.2) is 10.8 Å². The van der Waals surface area contributed by atoms with Crippen molar-refractivity contribution in [2.45, 2.75) is 12.7 Å². The fraction of sp³-hybridized carbons (Fsp3) is 0.400. The molecule has 0 radical (unpaired) electrons. The monoisotopic (exact) mass is 361 g/mol. The Bertz CT molecular complexity index is 649. The molecule has 1 aliphatic rings. The molecule has 8 heteroatoms. The van der Waals surface area contributed by atoms with Crippen LogP contribution in [-0.4, -0.2) is 36.1 Å². The smallest absolute Gasteiger partial charge is 0.346 e. The summed E-state index contributed by atoms with van der Waals surface area (Å²) in [5.74, 6) is 0. The second-order valence-corrected chi connectivity index (χ2v) is 6.68. The molecule has 0 saturated carbocycles. The minimum atomic E-state index is -4.37. The van der Waals surface area contributed by atoms with Crippen molar-refractivity contribution >= 4 is 28.1 Å². The molecule has 1 fully saturated rings. The van der Waals surface area contributed by atoms with Crippen molar-refractivity contribution in [2.24, 2.45) is 0 Å². The molecular weight excluding hydrogens is 347 g/mol. The van der Waals surface area contributed by atoms with Gasteiger partial charge in [0.25, 0.3) is 0 Å². The van der Waals surface area contributed by atoms with Gasteiger partial charge in [-0.05, 0) is 17.7 Å². The van der Waals surface area contributed by atoms with Crippen molar-refractivity contribution < 1.29 is 13.2 Å². The minimum absolute atomic E-state index is 0.448. The van der Waals surface area contributed by atoms with Crippen LogP contribution in [0.2, 0.25) is 5.02 Å². The summed E-state index contributed by atoms with van der Waals surface area (Å²) in [6, 6.07) is 7.71. The Morgan fingerprint density at radius 1 is 1.09 bits per heavy atom. The van der Waals surface area contributed by atoms with Gasteiger partial charge < -0.3 is 4.90 Å². The molecule has 1 aromatic heterocycles. The number of hydrogen-bond acceptors (Lipinski definition) is 4. The Hall–Kier alpha value is -1.31. The summed E-state index contributed by atoms with van der Waals surface area (Å²) in [6.45, 7) is 3.76. The highest BCUT2D eigenvalue weighted by molar-refractivity contribution is 7.13. The van der Waals surface area contributed by atoms with E-state index >= 15 is 0 Å². The quantitative estimate of drug-likeness (QED) is 0.819. The average molecular weight is 362 g/mol. The highest BCUT2D eigenvalue weighted by Gasteiger charge is 2.34. The fourth-order valence-corrected chi connectivity index (χ4v) is 3.50. The Morgan fingerprint density at radius 2 is 1.74 bits per heavy atom. The van der Waals surface area contributed by atoms with Gasteiger partial charge in [0.05, 0.1) is 0 Å². The van der Waals surface area contributed by atoms with Crippen molar-refractivity contribution in [2.75, 3.05) is 31.1 Å². The van der Waals surface area contributed by atoms with E-state index in [1.54, 1.807) is 0 Å². The molecule has 0 aliphatic carbocycles. The third-order valence-corrected chi connectivity index (χ3v) is 4.90. The van der Waals surface area contributed by atoms with Crippen LogP contribution >= 0.6 is 22.9 Å². The molecule has 0 N–H and O–H groups in total. The zero-order valence-corrected chi connectivity index (χ0v) is 13.8. The fourth-order valence-electron chi connectivity index (χ4n) is 2.49. The summed E-state index contributed by atoms with van der Waals surface area (Å²) in [4.78, 5) is 7.90. The molecule has 2 heterocycles. The van der Waals surface area contributed by atoms with E-state index in [0.29, 0.717) is 23.2 Å². The normalized spacial score (nSPS) is 16.8. The highest BCUT2D eigenvalue weighted by Crippen LogP contribution is 2.33. The lowest BCUT2D eigenvalue weighted by molar-refractivity contribution is -0.140. The van der Waals surface area contributed by atoms with Gasteiger partial charge in [0.2, 0.25) is 0 Å². The third-order valence-electron chi connectivity index (χ3n) is 3.74. The van der Waals surface area contributed by atoms with E-state index in [9.17, 15) is 13.2 Å². The lowest BCUT2D eigenvalue weighted by Gasteiger charge is -2.34.